The van der Waals surface area contributed by atoms with Crippen molar-refractivity contribution in [3.05, 3.63) is 23.2 Å². The zero-order valence-corrected chi connectivity index (χ0v) is 13.7. The van der Waals surface area contributed by atoms with Gasteiger partial charge in [0.2, 0.25) is 5.91 Å². The van der Waals surface area contributed by atoms with Gasteiger partial charge >= 0.3 is 0 Å². The van der Waals surface area contributed by atoms with Crippen LogP contribution < -0.4 is 11.1 Å². The summed E-state index contributed by atoms with van der Waals surface area (Å²) in [5.74, 6) is 0.595. The van der Waals surface area contributed by atoms with Gasteiger partial charge in [-0.1, -0.05) is 18.5 Å². The second kappa shape index (κ2) is 6.67. The van der Waals surface area contributed by atoms with Crippen molar-refractivity contribution < 1.29 is 4.79 Å². The fraction of sp³-hybridized carbons (Fsp3) is 0.562. The van der Waals surface area contributed by atoms with Crippen molar-refractivity contribution in [2.45, 2.75) is 45.7 Å². The van der Waals surface area contributed by atoms with Crippen molar-refractivity contribution in [1.82, 2.24) is 4.90 Å². The monoisotopic (exact) mass is 309 g/mol. The van der Waals surface area contributed by atoms with Crippen LogP contribution in [0.3, 0.4) is 0 Å². The number of benzene rings is 1. The van der Waals surface area contributed by atoms with Crippen molar-refractivity contribution in [2.75, 3.05) is 17.6 Å². The van der Waals surface area contributed by atoms with Crippen LogP contribution in [-0.4, -0.2) is 29.4 Å². The molecule has 0 radical (unpaired) electrons. The van der Waals surface area contributed by atoms with E-state index >= 15 is 0 Å². The molecule has 116 valence electrons. The maximum absolute atomic E-state index is 12.5. The number of anilines is 2. The Labute approximate surface area is 131 Å². The summed E-state index contributed by atoms with van der Waals surface area (Å²) >= 11 is 5.95. The molecule has 1 aromatic carbocycles. The van der Waals surface area contributed by atoms with Gasteiger partial charge in [-0.15, -0.1) is 0 Å². The number of nitrogens with one attached hydrogen (secondary N) is 1. The van der Waals surface area contributed by atoms with Crippen LogP contribution in [0.5, 0.6) is 0 Å². The minimum Gasteiger partial charge on any atom is -0.397 e. The van der Waals surface area contributed by atoms with Crippen molar-refractivity contribution in [3.8, 4) is 0 Å². The molecule has 1 aromatic rings. The van der Waals surface area contributed by atoms with Gasteiger partial charge in [-0.25, -0.2) is 0 Å². The number of nitrogens with zero attached hydrogens (tertiary/aromatic N) is 1. The number of nitrogen functional groups attached to an aromatic ring is 1. The number of amides is 1. The lowest BCUT2D eigenvalue weighted by atomic mass is 9.93. The van der Waals surface area contributed by atoms with E-state index in [1.165, 1.54) is 6.42 Å². The van der Waals surface area contributed by atoms with E-state index in [-0.39, 0.29) is 11.9 Å². The molecule has 3 unspecified atom stereocenters. The quantitative estimate of drug-likeness (QED) is 0.842. The zero-order chi connectivity index (χ0) is 15.6. The first-order chi connectivity index (χ1) is 9.88. The van der Waals surface area contributed by atoms with Crippen LogP contribution in [0.2, 0.25) is 5.02 Å². The van der Waals surface area contributed by atoms with Crippen LogP contribution in [0.1, 0.15) is 33.6 Å². The number of halogens is 1. The Morgan fingerprint density at radius 2 is 2.14 bits per heavy atom. The van der Waals surface area contributed by atoms with Crippen LogP contribution in [0.25, 0.3) is 0 Å². The molecule has 1 amide bonds. The summed E-state index contributed by atoms with van der Waals surface area (Å²) < 4.78 is 0. The third-order valence-corrected chi connectivity index (χ3v) is 4.55. The number of nitrogens with two attached hydrogens (primary N) is 1. The fourth-order valence-corrected chi connectivity index (χ4v) is 3.06. The molecular weight excluding hydrogens is 286 g/mol. The van der Waals surface area contributed by atoms with Crippen molar-refractivity contribution >= 4 is 28.9 Å². The summed E-state index contributed by atoms with van der Waals surface area (Å²) in [4.78, 5) is 14.7. The van der Waals surface area contributed by atoms with Crippen LogP contribution in [-0.2, 0) is 4.79 Å². The van der Waals surface area contributed by atoms with Gasteiger partial charge < -0.3 is 11.1 Å². The molecule has 21 heavy (non-hydrogen) atoms. The average Bonchev–Trinajstić information content (AvgIpc) is 2.44. The smallest absolute Gasteiger partial charge is 0.241 e. The maximum atomic E-state index is 12.5. The average molecular weight is 310 g/mol. The molecule has 5 heteroatoms. The summed E-state index contributed by atoms with van der Waals surface area (Å²) in [6, 6.07) is 5.35. The second-order valence-electron chi connectivity index (χ2n) is 6.13. The van der Waals surface area contributed by atoms with Gasteiger partial charge in [0.25, 0.3) is 0 Å². The van der Waals surface area contributed by atoms with E-state index in [2.05, 4.69) is 24.1 Å². The van der Waals surface area contributed by atoms with Gasteiger partial charge in [0.1, 0.15) is 0 Å². The maximum Gasteiger partial charge on any atom is 0.241 e. The van der Waals surface area contributed by atoms with E-state index in [0.717, 1.165) is 13.0 Å². The minimum atomic E-state index is -0.180. The van der Waals surface area contributed by atoms with Crippen molar-refractivity contribution in [3.63, 3.8) is 0 Å². The molecule has 0 aliphatic carbocycles. The standard InChI is InChI=1S/C16H24ClN3O/c1-10-4-5-11(2)20(9-10)12(3)16(21)19-15-8-13(17)6-7-14(15)18/h6-8,10-12H,4-5,9,18H2,1-3H3,(H,19,21). The van der Waals surface area contributed by atoms with Crippen LogP contribution >= 0.6 is 11.6 Å². The Morgan fingerprint density at radius 1 is 1.43 bits per heavy atom. The van der Waals surface area contributed by atoms with Crippen LogP contribution in [0.4, 0.5) is 11.4 Å². The predicted molar refractivity (Wildman–Crippen MR) is 88.5 cm³/mol. The number of rotatable bonds is 3. The highest BCUT2D eigenvalue weighted by Gasteiger charge is 2.30. The topological polar surface area (TPSA) is 58.4 Å². The molecule has 0 bridgehead atoms. The number of piperidine rings is 1. The van der Waals surface area contributed by atoms with Gasteiger partial charge in [0, 0.05) is 17.6 Å². The van der Waals surface area contributed by atoms with E-state index in [9.17, 15) is 4.79 Å². The molecule has 3 N–H and O–H groups in total. The lowest BCUT2D eigenvalue weighted by molar-refractivity contribution is -0.122. The minimum absolute atomic E-state index is 0.0371. The predicted octanol–water partition coefficient (Wildman–Crippen LogP) is 3.37. The number of carbonyl (C=O) groups is 1. The highest BCUT2D eigenvalue weighted by molar-refractivity contribution is 6.31. The third-order valence-electron chi connectivity index (χ3n) is 4.32. The molecule has 3 atom stereocenters. The van der Waals surface area contributed by atoms with E-state index in [1.54, 1.807) is 18.2 Å². The normalized spacial score (nSPS) is 24.6. The molecule has 4 nitrogen and oxygen atoms in total. The Morgan fingerprint density at radius 3 is 2.86 bits per heavy atom. The third kappa shape index (κ3) is 3.89. The van der Waals surface area contributed by atoms with Gasteiger partial charge in [-0.3, -0.25) is 9.69 Å². The fourth-order valence-electron chi connectivity index (χ4n) is 2.89. The lowest BCUT2D eigenvalue weighted by Crippen LogP contribution is -2.50. The zero-order valence-electron chi connectivity index (χ0n) is 12.9. The van der Waals surface area contributed by atoms with Gasteiger partial charge in [0.05, 0.1) is 17.4 Å². The largest absolute Gasteiger partial charge is 0.397 e. The molecule has 1 heterocycles. The molecule has 1 aliphatic rings. The molecule has 0 saturated carbocycles. The Kier molecular flexibility index (Phi) is 5.12. The van der Waals surface area contributed by atoms with Gasteiger partial charge in [0.15, 0.2) is 0 Å². The Bertz CT molecular complexity index is 520. The summed E-state index contributed by atoms with van der Waals surface area (Å²) in [6.07, 6.45) is 2.37. The first-order valence-corrected chi connectivity index (χ1v) is 7.88. The number of likely N-dealkylation sites (tertiary alicyclic amines) is 1. The highest BCUT2D eigenvalue weighted by atomic mass is 35.5. The molecular formula is C16H24ClN3O. The van der Waals surface area contributed by atoms with Crippen LogP contribution in [0.15, 0.2) is 18.2 Å². The van der Waals surface area contributed by atoms with E-state index in [4.69, 9.17) is 17.3 Å². The summed E-state index contributed by atoms with van der Waals surface area (Å²) in [7, 11) is 0. The number of hydrogen-bond acceptors (Lipinski definition) is 3. The Balaban J connectivity index is 2.06. The van der Waals surface area contributed by atoms with E-state index in [0.29, 0.717) is 28.4 Å². The Hall–Kier alpha value is -1.26. The molecule has 0 spiro atoms. The van der Waals surface area contributed by atoms with Crippen molar-refractivity contribution in [2.24, 2.45) is 5.92 Å². The number of carbonyl (C=O) groups excluding carboxylic acids is 1. The van der Waals surface area contributed by atoms with E-state index in [1.807, 2.05) is 6.92 Å². The van der Waals surface area contributed by atoms with Gasteiger partial charge in [-0.2, -0.15) is 0 Å². The molecule has 2 rings (SSSR count). The lowest BCUT2D eigenvalue weighted by Gasteiger charge is -2.40. The second-order valence-corrected chi connectivity index (χ2v) is 6.56. The SMILES string of the molecule is CC1CCC(C)N(C(C)C(=O)Nc2cc(Cl)ccc2N)C1. The molecule has 1 saturated heterocycles. The summed E-state index contributed by atoms with van der Waals surface area (Å²) in [5, 5.41) is 3.46. The first-order valence-electron chi connectivity index (χ1n) is 7.50. The van der Waals surface area contributed by atoms with E-state index < -0.39 is 0 Å². The van der Waals surface area contributed by atoms with Crippen LogP contribution in [0, 0.1) is 5.92 Å². The molecule has 1 aliphatic heterocycles. The number of hydrogen-bond donors (Lipinski definition) is 2. The summed E-state index contributed by atoms with van der Waals surface area (Å²) in [6.45, 7) is 7.33. The highest BCUT2D eigenvalue weighted by Crippen LogP contribution is 2.26. The summed E-state index contributed by atoms with van der Waals surface area (Å²) in [5.41, 5.74) is 6.99. The molecule has 0 aromatic heterocycles. The first kappa shape index (κ1) is 16.1. The van der Waals surface area contributed by atoms with Gasteiger partial charge in [-0.05, 0) is 50.8 Å². The van der Waals surface area contributed by atoms with Crippen molar-refractivity contribution in [1.29, 1.82) is 0 Å². The molecule has 1 fully saturated rings.